The van der Waals surface area contributed by atoms with Crippen molar-refractivity contribution in [1.82, 2.24) is 9.88 Å². The molecule has 1 heterocycles. The van der Waals surface area contributed by atoms with E-state index in [-0.39, 0.29) is 6.61 Å². The third-order valence-corrected chi connectivity index (χ3v) is 1.91. The third-order valence-electron chi connectivity index (χ3n) is 1.91. The maximum absolute atomic E-state index is 8.80. The zero-order valence-corrected chi connectivity index (χ0v) is 8.90. The quantitative estimate of drug-likeness (QED) is 0.732. The molecule has 1 N–H and O–H groups in total. The predicted molar refractivity (Wildman–Crippen MR) is 54.2 cm³/mol. The predicted octanol–water partition coefficient (Wildman–Crippen LogP) is 0.165. The monoisotopic (exact) mass is 199 g/mol. The van der Waals surface area contributed by atoms with Crippen LogP contribution in [0.2, 0.25) is 0 Å². The molecule has 1 aromatic rings. The van der Waals surface area contributed by atoms with Crippen molar-refractivity contribution in [1.29, 1.82) is 0 Å². The minimum Gasteiger partial charge on any atom is -0.432 e. The Labute approximate surface area is 83.9 Å². The summed E-state index contributed by atoms with van der Waals surface area (Å²) in [5, 5.41) is 8.80. The number of oxazole rings is 1. The summed E-state index contributed by atoms with van der Waals surface area (Å²) in [5.74, 6) is 0. The van der Waals surface area contributed by atoms with Gasteiger partial charge >= 0.3 is 0 Å². The highest BCUT2D eigenvalue weighted by Gasteiger charge is 2.08. The van der Waals surface area contributed by atoms with Gasteiger partial charge in [-0.2, -0.15) is 4.98 Å². The van der Waals surface area contributed by atoms with Crippen LogP contribution in [0.15, 0.2) is 10.7 Å². The molecular formula is C9H17N3O2. The van der Waals surface area contributed by atoms with Gasteiger partial charge < -0.3 is 19.3 Å². The highest BCUT2D eigenvalue weighted by molar-refractivity contribution is 5.24. The maximum atomic E-state index is 8.80. The highest BCUT2D eigenvalue weighted by Crippen LogP contribution is 2.11. The molecule has 0 atom stereocenters. The Morgan fingerprint density at radius 1 is 1.36 bits per heavy atom. The molecule has 1 aromatic heterocycles. The molecule has 5 nitrogen and oxygen atoms in total. The third kappa shape index (κ3) is 3.01. The van der Waals surface area contributed by atoms with E-state index in [1.807, 2.05) is 26.0 Å². The van der Waals surface area contributed by atoms with Crippen molar-refractivity contribution in [2.45, 2.75) is 6.61 Å². The lowest BCUT2D eigenvalue weighted by Crippen LogP contribution is -2.28. The van der Waals surface area contributed by atoms with Gasteiger partial charge in [-0.05, 0) is 14.1 Å². The molecule has 0 aliphatic heterocycles. The lowest BCUT2D eigenvalue weighted by Gasteiger charge is -2.17. The van der Waals surface area contributed by atoms with Crippen molar-refractivity contribution >= 4 is 6.01 Å². The molecular weight excluding hydrogens is 182 g/mol. The number of aliphatic hydroxyl groups excluding tert-OH is 1. The Morgan fingerprint density at radius 2 is 2.07 bits per heavy atom. The summed E-state index contributed by atoms with van der Waals surface area (Å²) >= 11 is 0. The molecule has 0 amide bonds. The van der Waals surface area contributed by atoms with Gasteiger partial charge in [0.2, 0.25) is 0 Å². The summed E-state index contributed by atoms with van der Waals surface area (Å²) in [7, 11) is 5.95. The fraction of sp³-hybridized carbons (Fsp3) is 0.667. The number of nitrogens with zero attached hydrogens (tertiary/aromatic N) is 3. The number of aliphatic hydroxyl groups is 1. The van der Waals surface area contributed by atoms with Gasteiger partial charge in [-0.1, -0.05) is 0 Å². The second-order valence-electron chi connectivity index (χ2n) is 3.50. The normalized spacial score (nSPS) is 10.9. The van der Waals surface area contributed by atoms with Crippen molar-refractivity contribution in [2.24, 2.45) is 0 Å². The Hall–Kier alpha value is -1.07. The minimum absolute atomic E-state index is 0.0784. The van der Waals surface area contributed by atoms with E-state index in [0.29, 0.717) is 11.7 Å². The Balaban J connectivity index is 2.47. The maximum Gasteiger partial charge on any atom is 0.297 e. The van der Waals surface area contributed by atoms with E-state index >= 15 is 0 Å². The fourth-order valence-corrected chi connectivity index (χ4v) is 0.990. The van der Waals surface area contributed by atoms with E-state index in [4.69, 9.17) is 9.52 Å². The molecule has 0 radical (unpaired) electrons. The zero-order valence-electron chi connectivity index (χ0n) is 8.90. The number of aromatic nitrogens is 1. The number of anilines is 1. The van der Waals surface area contributed by atoms with Crippen LogP contribution in [-0.2, 0) is 6.61 Å². The Morgan fingerprint density at radius 3 is 2.57 bits per heavy atom. The van der Waals surface area contributed by atoms with E-state index in [2.05, 4.69) is 9.88 Å². The van der Waals surface area contributed by atoms with Gasteiger partial charge in [0.1, 0.15) is 12.0 Å². The number of rotatable bonds is 5. The SMILES string of the molecule is CN(C)CCN(C)c1nc(CO)co1. The first-order valence-electron chi connectivity index (χ1n) is 4.54. The first kappa shape index (κ1) is 11.0. The van der Waals surface area contributed by atoms with E-state index in [1.54, 1.807) is 0 Å². The molecule has 80 valence electrons. The molecule has 0 unspecified atom stereocenters. The van der Waals surface area contributed by atoms with Gasteiger partial charge in [0.15, 0.2) is 0 Å². The lowest BCUT2D eigenvalue weighted by atomic mass is 10.5. The molecule has 0 saturated heterocycles. The summed E-state index contributed by atoms with van der Waals surface area (Å²) in [6.07, 6.45) is 1.47. The molecule has 0 bridgehead atoms. The van der Waals surface area contributed by atoms with Gasteiger partial charge in [0.05, 0.1) is 6.61 Å². The van der Waals surface area contributed by atoms with Crippen LogP contribution in [0.5, 0.6) is 0 Å². The van der Waals surface area contributed by atoms with Crippen LogP contribution >= 0.6 is 0 Å². The average Bonchev–Trinajstić information content (AvgIpc) is 2.62. The van der Waals surface area contributed by atoms with Gasteiger partial charge in [0, 0.05) is 20.1 Å². The average molecular weight is 199 g/mol. The number of likely N-dealkylation sites (N-methyl/N-ethyl adjacent to an activating group) is 2. The topological polar surface area (TPSA) is 52.7 Å². The highest BCUT2D eigenvalue weighted by atomic mass is 16.4. The summed E-state index contributed by atoms with van der Waals surface area (Å²) in [4.78, 5) is 8.10. The van der Waals surface area contributed by atoms with Crippen molar-refractivity contribution in [3.05, 3.63) is 12.0 Å². The summed E-state index contributed by atoms with van der Waals surface area (Å²) in [6.45, 7) is 1.71. The summed E-state index contributed by atoms with van der Waals surface area (Å²) < 4.78 is 5.19. The van der Waals surface area contributed by atoms with Crippen LogP contribution in [0.1, 0.15) is 5.69 Å². The van der Waals surface area contributed by atoms with Crippen LogP contribution in [0, 0.1) is 0 Å². The first-order valence-corrected chi connectivity index (χ1v) is 4.54. The molecule has 0 fully saturated rings. The molecule has 0 spiro atoms. The van der Waals surface area contributed by atoms with Crippen molar-refractivity contribution < 1.29 is 9.52 Å². The van der Waals surface area contributed by atoms with Gasteiger partial charge in [0.25, 0.3) is 6.01 Å². The molecule has 5 heteroatoms. The van der Waals surface area contributed by atoms with E-state index in [0.717, 1.165) is 13.1 Å². The summed E-state index contributed by atoms with van der Waals surface area (Å²) in [5.41, 5.74) is 0.566. The Kier molecular flexibility index (Phi) is 3.91. The van der Waals surface area contributed by atoms with Crippen LogP contribution in [0.25, 0.3) is 0 Å². The van der Waals surface area contributed by atoms with Crippen LogP contribution in [-0.4, -0.2) is 49.2 Å². The van der Waals surface area contributed by atoms with Crippen molar-refractivity contribution in [3.63, 3.8) is 0 Å². The van der Waals surface area contributed by atoms with Gasteiger partial charge in [-0.3, -0.25) is 0 Å². The molecule has 14 heavy (non-hydrogen) atoms. The molecule has 0 aliphatic carbocycles. The zero-order chi connectivity index (χ0) is 10.6. The minimum atomic E-state index is -0.0784. The second-order valence-corrected chi connectivity index (χ2v) is 3.50. The number of hydrogen-bond donors (Lipinski definition) is 1. The van der Waals surface area contributed by atoms with E-state index < -0.39 is 0 Å². The first-order chi connectivity index (χ1) is 6.63. The molecule has 0 saturated carbocycles. The molecule has 1 rings (SSSR count). The number of hydrogen-bond acceptors (Lipinski definition) is 5. The largest absolute Gasteiger partial charge is 0.432 e. The van der Waals surface area contributed by atoms with Crippen LogP contribution < -0.4 is 4.90 Å². The van der Waals surface area contributed by atoms with Crippen LogP contribution in [0.4, 0.5) is 6.01 Å². The standard InChI is InChI=1S/C9H17N3O2/c1-11(2)4-5-12(3)9-10-8(6-13)7-14-9/h7,13H,4-6H2,1-3H3. The fourth-order valence-electron chi connectivity index (χ4n) is 0.990. The lowest BCUT2D eigenvalue weighted by molar-refractivity contribution is 0.276. The van der Waals surface area contributed by atoms with Gasteiger partial charge in [-0.15, -0.1) is 0 Å². The van der Waals surface area contributed by atoms with Crippen molar-refractivity contribution in [2.75, 3.05) is 39.1 Å². The van der Waals surface area contributed by atoms with Gasteiger partial charge in [-0.25, -0.2) is 0 Å². The van der Waals surface area contributed by atoms with E-state index in [1.165, 1.54) is 6.26 Å². The summed E-state index contributed by atoms with van der Waals surface area (Å²) in [6, 6.07) is 0.552. The van der Waals surface area contributed by atoms with Crippen LogP contribution in [0.3, 0.4) is 0 Å². The molecule has 0 aromatic carbocycles. The van der Waals surface area contributed by atoms with E-state index in [9.17, 15) is 0 Å². The van der Waals surface area contributed by atoms with Crippen molar-refractivity contribution in [3.8, 4) is 0 Å². The second kappa shape index (κ2) is 4.97. The Bertz CT molecular complexity index is 273. The smallest absolute Gasteiger partial charge is 0.297 e. The molecule has 0 aliphatic rings.